The minimum atomic E-state index is 0.0551. The van der Waals surface area contributed by atoms with E-state index in [9.17, 15) is 0 Å². The summed E-state index contributed by atoms with van der Waals surface area (Å²) in [4.78, 5) is 2.31. The molecule has 1 fully saturated rings. The van der Waals surface area contributed by atoms with E-state index in [1.54, 1.807) is 0 Å². The van der Waals surface area contributed by atoms with Crippen LogP contribution < -0.4 is 5.32 Å². The first-order valence-electron chi connectivity index (χ1n) is 6.39. The van der Waals surface area contributed by atoms with Gasteiger partial charge in [0.25, 0.3) is 0 Å². The van der Waals surface area contributed by atoms with Gasteiger partial charge in [-0.1, -0.05) is 0 Å². The highest BCUT2D eigenvalue weighted by atomic mass is 16.7. The fraction of sp³-hybridized carbons (Fsp3) is 1.00. The molecule has 1 rings (SSSR count). The molecular weight excluding hydrogens is 204 g/mol. The third-order valence-electron chi connectivity index (χ3n) is 2.88. The molecule has 1 aliphatic heterocycles. The van der Waals surface area contributed by atoms with Crippen LogP contribution in [0.2, 0.25) is 0 Å². The van der Waals surface area contributed by atoms with E-state index in [1.165, 1.54) is 19.3 Å². The second kappa shape index (κ2) is 8.93. The molecule has 0 amide bonds. The Balaban J connectivity index is 1.92. The second-order valence-electron chi connectivity index (χ2n) is 4.43. The Labute approximate surface area is 99.3 Å². The average Bonchev–Trinajstić information content (AvgIpc) is 2.31. The molecule has 0 aromatic heterocycles. The number of nitrogens with zero attached hydrogens (tertiary/aromatic N) is 1. The van der Waals surface area contributed by atoms with Gasteiger partial charge in [-0.25, -0.2) is 0 Å². The van der Waals surface area contributed by atoms with Gasteiger partial charge in [-0.3, -0.25) is 0 Å². The number of nitrogens with one attached hydrogen (secondary N) is 1. The molecule has 0 bridgehead atoms. The van der Waals surface area contributed by atoms with Gasteiger partial charge in [0.1, 0.15) is 0 Å². The first kappa shape index (κ1) is 13.9. The molecule has 1 atom stereocenters. The van der Waals surface area contributed by atoms with Crippen LogP contribution in [0.4, 0.5) is 0 Å². The van der Waals surface area contributed by atoms with Crippen LogP contribution in [0.3, 0.4) is 0 Å². The molecule has 1 heterocycles. The summed E-state index contributed by atoms with van der Waals surface area (Å²) in [6.07, 6.45) is 4.72. The lowest BCUT2D eigenvalue weighted by atomic mass is 10.2. The van der Waals surface area contributed by atoms with E-state index >= 15 is 0 Å². The summed E-state index contributed by atoms with van der Waals surface area (Å²) in [7, 11) is 4.13. The number of hydrogen-bond acceptors (Lipinski definition) is 4. The van der Waals surface area contributed by atoms with Crippen molar-refractivity contribution in [2.45, 2.75) is 32.0 Å². The van der Waals surface area contributed by atoms with Crippen molar-refractivity contribution in [2.75, 3.05) is 46.9 Å². The van der Waals surface area contributed by atoms with E-state index in [-0.39, 0.29) is 6.29 Å². The number of hydrogen-bond donors (Lipinski definition) is 1. The van der Waals surface area contributed by atoms with Crippen molar-refractivity contribution in [3.8, 4) is 0 Å². The predicted octanol–water partition coefficient (Wildman–Crippen LogP) is 1.07. The predicted molar refractivity (Wildman–Crippen MR) is 65.6 cm³/mol. The smallest absolute Gasteiger partial charge is 0.157 e. The lowest BCUT2D eigenvalue weighted by molar-refractivity contribution is -0.163. The molecule has 0 aromatic rings. The van der Waals surface area contributed by atoms with Gasteiger partial charge < -0.3 is 19.7 Å². The van der Waals surface area contributed by atoms with E-state index in [0.717, 1.165) is 39.3 Å². The van der Waals surface area contributed by atoms with Gasteiger partial charge in [-0.15, -0.1) is 0 Å². The average molecular weight is 230 g/mol. The number of ether oxygens (including phenoxy) is 2. The van der Waals surface area contributed by atoms with Crippen molar-refractivity contribution in [2.24, 2.45) is 0 Å². The van der Waals surface area contributed by atoms with Crippen molar-refractivity contribution in [3.05, 3.63) is 0 Å². The highest BCUT2D eigenvalue weighted by Crippen LogP contribution is 2.13. The van der Waals surface area contributed by atoms with Gasteiger partial charge in [0.15, 0.2) is 6.29 Å². The third kappa shape index (κ3) is 6.43. The van der Waals surface area contributed by atoms with Crippen molar-refractivity contribution < 1.29 is 9.47 Å². The molecular formula is C12H26N2O2. The molecule has 0 spiro atoms. The molecule has 0 aromatic carbocycles. The summed E-state index contributed by atoms with van der Waals surface area (Å²) in [5.41, 5.74) is 0. The highest BCUT2D eigenvalue weighted by molar-refractivity contribution is 4.56. The molecule has 4 nitrogen and oxygen atoms in total. The van der Waals surface area contributed by atoms with Gasteiger partial charge in [-0.2, -0.15) is 0 Å². The second-order valence-corrected chi connectivity index (χ2v) is 4.43. The SMILES string of the molecule is CNCCCN(C)CCOC1CCCCO1. The van der Waals surface area contributed by atoms with Crippen molar-refractivity contribution >= 4 is 0 Å². The van der Waals surface area contributed by atoms with Gasteiger partial charge in [0, 0.05) is 13.2 Å². The summed E-state index contributed by atoms with van der Waals surface area (Å²) in [6.45, 7) is 4.83. The van der Waals surface area contributed by atoms with Crippen LogP contribution in [0.25, 0.3) is 0 Å². The standard InChI is InChI=1S/C12H26N2O2/c1-13-7-5-8-14(2)9-11-16-12-6-3-4-10-15-12/h12-13H,3-11H2,1-2H3. The molecule has 0 radical (unpaired) electrons. The Morgan fingerprint density at radius 3 is 2.94 bits per heavy atom. The molecule has 0 aliphatic carbocycles. The van der Waals surface area contributed by atoms with Gasteiger partial charge in [-0.05, 0) is 52.9 Å². The molecule has 1 unspecified atom stereocenters. The van der Waals surface area contributed by atoms with Crippen LogP contribution in [-0.4, -0.2) is 58.1 Å². The van der Waals surface area contributed by atoms with Gasteiger partial charge in [0.2, 0.25) is 0 Å². The Hall–Kier alpha value is -0.160. The highest BCUT2D eigenvalue weighted by Gasteiger charge is 2.13. The molecule has 1 N–H and O–H groups in total. The molecule has 0 saturated carbocycles. The van der Waals surface area contributed by atoms with E-state index in [4.69, 9.17) is 9.47 Å². The summed E-state index contributed by atoms with van der Waals surface area (Å²) < 4.78 is 11.2. The van der Waals surface area contributed by atoms with Crippen LogP contribution in [0.5, 0.6) is 0 Å². The van der Waals surface area contributed by atoms with Crippen molar-refractivity contribution in [3.63, 3.8) is 0 Å². The molecule has 96 valence electrons. The normalized spacial score (nSPS) is 21.6. The monoisotopic (exact) mass is 230 g/mol. The van der Waals surface area contributed by atoms with Crippen LogP contribution in [0, 0.1) is 0 Å². The third-order valence-corrected chi connectivity index (χ3v) is 2.88. The largest absolute Gasteiger partial charge is 0.353 e. The first-order chi connectivity index (χ1) is 7.83. The quantitative estimate of drug-likeness (QED) is 0.633. The molecule has 16 heavy (non-hydrogen) atoms. The van der Waals surface area contributed by atoms with Crippen LogP contribution in [0.15, 0.2) is 0 Å². The Morgan fingerprint density at radius 2 is 2.25 bits per heavy atom. The Kier molecular flexibility index (Phi) is 7.76. The van der Waals surface area contributed by atoms with Crippen molar-refractivity contribution in [1.29, 1.82) is 0 Å². The lowest BCUT2D eigenvalue weighted by Gasteiger charge is -2.24. The van der Waals surface area contributed by atoms with Gasteiger partial charge in [0.05, 0.1) is 6.61 Å². The maximum absolute atomic E-state index is 5.68. The van der Waals surface area contributed by atoms with E-state index in [1.807, 2.05) is 7.05 Å². The zero-order valence-corrected chi connectivity index (χ0v) is 10.7. The molecule has 4 heteroatoms. The summed E-state index contributed by atoms with van der Waals surface area (Å²) >= 11 is 0. The van der Waals surface area contributed by atoms with E-state index in [0.29, 0.717) is 0 Å². The van der Waals surface area contributed by atoms with Crippen LogP contribution >= 0.6 is 0 Å². The van der Waals surface area contributed by atoms with Crippen molar-refractivity contribution in [1.82, 2.24) is 10.2 Å². The fourth-order valence-electron chi connectivity index (χ4n) is 1.82. The van der Waals surface area contributed by atoms with Crippen LogP contribution in [0.1, 0.15) is 25.7 Å². The number of rotatable bonds is 8. The van der Waals surface area contributed by atoms with E-state index < -0.39 is 0 Å². The summed E-state index contributed by atoms with van der Waals surface area (Å²) in [6, 6.07) is 0. The zero-order chi connectivity index (χ0) is 11.6. The topological polar surface area (TPSA) is 33.7 Å². The van der Waals surface area contributed by atoms with Gasteiger partial charge >= 0.3 is 0 Å². The fourth-order valence-corrected chi connectivity index (χ4v) is 1.82. The van der Waals surface area contributed by atoms with E-state index in [2.05, 4.69) is 17.3 Å². The first-order valence-corrected chi connectivity index (χ1v) is 6.39. The zero-order valence-electron chi connectivity index (χ0n) is 10.7. The molecule has 1 saturated heterocycles. The number of likely N-dealkylation sites (N-methyl/N-ethyl adjacent to an activating group) is 1. The minimum Gasteiger partial charge on any atom is -0.353 e. The Morgan fingerprint density at radius 1 is 1.38 bits per heavy atom. The summed E-state index contributed by atoms with van der Waals surface area (Å²) in [5, 5.41) is 3.15. The molecule has 1 aliphatic rings. The maximum atomic E-state index is 5.68. The minimum absolute atomic E-state index is 0.0551. The van der Waals surface area contributed by atoms with Crippen LogP contribution in [-0.2, 0) is 9.47 Å². The summed E-state index contributed by atoms with van der Waals surface area (Å²) in [5.74, 6) is 0. The maximum Gasteiger partial charge on any atom is 0.157 e. The Bertz CT molecular complexity index is 161. The lowest BCUT2D eigenvalue weighted by Crippen LogP contribution is -2.29.